The van der Waals surface area contributed by atoms with Crippen LogP contribution >= 0.6 is 0 Å². The van der Waals surface area contributed by atoms with Crippen LogP contribution in [0.25, 0.3) is 0 Å². The fraction of sp³-hybridized carbons (Fsp3) is 0.714. The van der Waals surface area contributed by atoms with Crippen LogP contribution in [-0.2, 0) is 16.1 Å². The monoisotopic (exact) mass is 280 g/mol. The van der Waals surface area contributed by atoms with Crippen LogP contribution in [0.2, 0.25) is 0 Å². The lowest BCUT2D eigenvalue weighted by atomic mass is 9.95. The summed E-state index contributed by atoms with van der Waals surface area (Å²) in [6.45, 7) is 5.19. The van der Waals surface area contributed by atoms with E-state index in [2.05, 4.69) is 5.16 Å². The first-order valence-corrected chi connectivity index (χ1v) is 7.01. The number of hydrogen-bond acceptors (Lipinski definition) is 5. The van der Waals surface area contributed by atoms with Crippen LogP contribution in [0.4, 0.5) is 0 Å². The van der Waals surface area contributed by atoms with Crippen molar-refractivity contribution in [1.29, 1.82) is 0 Å². The Hall–Kier alpha value is -1.40. The summed E-state index contributed by atoms with van der Waals surface area (Å²) in [6.07, 6.45) is 1.42. The van der Waals surface area contributed by atoms with E-state index >= 15 is 0 Å². The number of aliphatic hydroxyl groups is 1. The number of carbonyl (C=O) groups excluding carboxylic acids is 1. The molecule has 2 fully saturated rings. The summed E-state index contributed by atoms with van der Waals surface area (Å²) in [5.74, 6) is 0.751. The third kappa shape index (κ3) is 2.45. The molecule has 6 nitrogen and oxygen atoms in total. The Labute approximate surface area is 117 Å². The molecular weight excluding hydrogens is 260 g/mol. The Balaban J connectivity index is 1.54. The van der Waals surface area contributed by atoms with Crippen LogP contribution in [0, 0.1) is 0 Å². The fourth-order valence-corrected chi connectivity index (χ4v) is 2.80. The lowest BCUT2D eigenvalue weighted by molar-refractivity contribution is -0.150. The van der Waals surface area contributed by atoms with Crippen LogP contribution in [0.5, 0.6) is 0 Å². The maximum Gasteiger partial charge on any atom is 0.251 e. The molecule has 1 aromatic heterocycles. The van der Waals surface area contributed by atoms with E-state index in [0.717, 1.165) is 18.5 Å². The molecule has 0 bridgehead atoms. The van der Waals surface area contributed by atoms with Gasteiger partial charge in [-0.2, -0.15) is 0 Å². The average Bonchev–Trinajstić information content (AvgIpc) is 2.93. The van der Waals surface area contributed by atoms with E-state index in [4.69, 9.17) is 14.4 Å². The highest BCUT2D eigenvalue weighted by Gasteiger charge is 2.42. The first-order valence-electron chi connectivity index (χ1n) is 7.01. The fourth-order valence-electron chi connectivity index (χ4n) is 2.80. The van der Waals surface area contributed by atoms with Crippen molar-refractivity contribution in [3.05, 3.63) is 17.5 Å². The third-order valence-electron chi connectivity index (χ3n) is 4.09. The number of likely N-dealkylation sites (tertiary alicyclic amines) is 1. The molecule has 0 saturated carbocycles. The largest absolute Gasteiger partial charge is 0.388 e. The number of hydrogen-bond donors (Lipinski definition) is 1. The molecule has 1 aromatic rings. The van der Waals surface area contributed by atoms with Gasteiger partial charge in [0, 0.05) is 25.1 Å². The van der Waals surface area contributed by atoms with Crippen molar-refractivity contribution < 1.29 is 19.2 Å². The Morgan fingerprint density at radius 2 is 2.30 bits per heavy atom. The molecule has 6 heteroatoms. The minimum Gasteiger partial charge on any atom is -0.388 e. The van der Waals surface area contributed by atoms with Gasteiger partial charge in [-0.05, 0) is 26.7 Å². The second-order valence-corrected chi connectivity index (χ2v) is 6.22. The maximum atomic E-state index is 12.3. The smallest absolute Gasteiger partial charge is 0.251 e. The van der Waals surface area contributed by atoms with Gasteiger partial charge >= 0.3 is 0 Å². The summed E-state index contributed by atoms with van der Waals surface area (Å²) in [7, 11) is 0. The zero-order chi connectivity index (χ0) is 14.3. The van der Waals surface area contributed by atoms with E-state index in [1.54, 1.807) is 6.07 Å². The van der Waals surface area contributed by atoms with Gasteiger partial charge in [0.15, 0.2) is 5.76 Å². The Bertz CT molecular complexity index is 505. The number of nitrogens with zero attached hydrogens (tertiary/aromatic N) is 2. The molecule has 20 heavy (non-hydrogen) atoms. The van der Waals surface area contributed by atoms with Gasteiger partial charge in [-0.15, -0.1) is 0 Å². The predicted molar refractivity (Wildman–Crippen MR) is 69.9 cm³/mol. The Kier molecular flexibility index (Phi) is 3.30. The molecule has 1 amide bonds. The number of ether oxygens (including phenoxy) is 1. The number of aromatic nitrogens is 1. The van der Waals surface area contributed by atoms with Gasteiger partial charge in [0.05, 0.1) is 11.3 Å². The predicted octanol–water partition coefficient (Wildman–Crippen LogP) is 1.05. The van der Waals surface area contributed by atoms with E-state index < -0.39 is 0 Å². The molecule has 110 valence electrons. The summed E-state index contributed by atoms with van der Waals surface area (Å²) in [5, 5.41) is 12.9. The van der Waals surface area contributed by atoms with Crippen molar-refractivity contribution in [3.8, 4) is 0 Å². The minimum atomic E-state index is -0.295. The highest BCUT2D eigenvalue weighted by atomic mass is 16.5. The first kappa shape index (κ1) is 13.6. The zero-order valence-corrected chi connectivity index (χ0v) is 11.8. The van der Waals surface area contributed by atoms with Gasteiger partial charge in [-0.3, -0.25) is 4.79 Å². The van der Waals surface area contributed by atoms with Gasteiger partial charge in [0.25, 0.3) is 5.91 Å². The van der Waals surface area contributed by atoms with Crippen molar-refractivity contribution in [2.45, 2.75) is 50.9 Å². The van der Waals surface area contributed by atoms with E-state index in [1.165, 1.54) is 0 Å². The SMILES string of the molecule is CC1(C)CCC(C(=O)N2CC(c3cc(CO)on3)C2)O1. The number of rotatable bonds is 3. The molecular formula is C14H20N2O4. The highest BCUT2D eigenvalue weighted by Crippen LogP contribution is 2.33. The van der Waals surface area contributed by atoms with Crippen LogP contribution < -0.4 is 0 Å². The van der Waals surface area contributed by atoms with E-state index in [1.807, 2.05) is 18.7 Å². The quantitative estimate of drug-likeness (QED) is 0.895. The summed E-state index contributed by atoms with van der Waals surface area (Å²) in [5.41, 5.74) is 0.623. The average molecular weight is 280 g/mol. The molecule has 0 aromatic carbocycles. The lowest BCUT2D eigenvalue weighted by Gasteiger charge is -2.39. The van der Waals surface area contributed by atoms with Crippen molar-refractivity contribution in [2.75, 3.05) is 13.1 Å². The van der Waals surface area contributed by atoms with Gasteiger partial charge in [-0.1, -0.05) is 5.16 Å². The molecule has 2 saturated heterocycles. The second kappa shape index (κ2) is 4.86. The third-order valence-corrected chi connectivity index (χ3v) is 4.09. The molecule has 3 heterocycles. The molecule has 3 rings (SSSR count). The number of carbonyl (C=O) groups is 1. The van der Waals surface area contributed by atoms with Crippen LogP contribution in [0.3, 0.4) is 0 Å². The van der Waals surface area contributed by atoms with Crippen molar-refractivity contribution in [1.82, 2.24) is 10.1 Å². The Morgan fingerprint density at radius 1 is 1.55 bits per heavy atom. The van der Waals surface area contributed by atoms with Gasteiger partial charge in [0.2, 0.25) is 0 Å². The molecule has 2 aliphatic rings. The topological polar surface area (TPSA) is 75.8 Å². The van der Waals surface area contributed by atoms with Crippen molar-refractivity contribution in [3.63, 3.8) is 0 Å². The van der Waals surface area contributed by atoms with Gasteiger partial charge < -0.3 is 19.3 Å². The summed E-state index contributed by atoms with van der Waals surface area (Å²) >= 11 is 0. The molecule has 1 unspecified atom stereocenters. The van der Waals surface area contributed by atoms with Gasteiger partial charge in [-0.25, -0.2) is 0 Å². The second-order valence-electron chi connectivity index (χ2n) is 6.22. The van der Waals surface area contributed by atoms with Crippen LogP contribution in [0.15, 0.2) is 10.6 Å². The highest BCUT2D eigenvalue weighted by molar-refractivity contribution is 5.82. The maximum absolute atomic E-state index is 12.3. The minimum absolute atomic E-state index is 0.0812. The number of aliphatic hydroxyl groups excluding tert-OH is 1. The normalized spacial score (nSPS) is 25.8. The molecule has 2 aliphatic heterocycles. The van der Waals surface area contributed by atoms with Gasteiger partial charge in [0.1, 0.15) is 12.7 Å². The Morgan fingerprint density at radius 3 is 2.85 bits per heavy atom. The van der Waals surface area contributed by atoms with E-state index in [0.29, 0.717) is 18.8 Å². The van der Waals surface area contributed by atoms with E-state index in [-0.39, 0.29) is 30.1 Å². The molecule has 0 radical (unpaired) electrons. The van der Waals surface area contributed by atoms with Crippen LogP contribution in [0.1, 0.15) is 44.1 Å². The first-order chi connectivity index (χ1) is 9.48. The number of amides is 1. The molecule has 1 atom stereocenters. The zero-order valence-electron chi connectivity index (χ0n) is 11.8. The molecule has 1 N–H and O–H groups in total. The summed E-state index contributed by atoms with van der Waals surface area (Å²) in [6, 6.07) is 1.75. The van der Waals surface area contributed by atoms with Crippen molar-refractivity contribution in [2.24, 2.45) is 0 Å². The molecule has 0 spiro atoms. The molecule has 0 aliphatic carbocycles. The lowest BCUT2D eigenvalue weighted by Crippen LogP contribution is -2.52. The van der Waals surface area contributed by atoms with Crippen molar-refractivity contribution >= 4 is 5.91 Å². The summed E-state index contributed by atoms with van der Waals surface area (Å²) < 4.78 is 10.7. The summed E-state index contributed by atoms with van der Waals surface area (Å²) in [4.78, 5) is 14.1. The van der Waals surface area contributed by atoms with E-state index in [9.17, 15) is 4.79 Å². The van der Waals surface area contributed by atoms with Crippen LogP contribution in [-0.4, -0.2) is 45.9 Å². The standard InChI is InChI=1S/C14H20N2O4/c1-14(2)4-3-12(19-14)13(18)16-6-9(7-16)11-5-10(8-17)20-15-11/h5,9,12,17H,3-4,6-8H2,1-2H3.